The van der Waals surface area contributed by atoms with E-state index in [0.717, 1.165) is 16.8 Å². The normalized spacial score (nSPS) is 10.8. The number of nitrogens with zero attached hydrogens (tertiary/aromatic N) is 5. The van der Waals surface area contributed by atoms with Crippen molar-refractivity contribution in [3.63, 3.8) is 0 Å². The summed E-state index contributed by atoms with van der Waals surface area (Å²) in [6, 6.07) is 8.11. The zero-order valence-electron chi connectivity index (χ0n) is 12.4. The molecule has 3 rings (SSSR count). The molecule has 0 saturated heterocycles. The Bertz CT molecular complexity index is 925. The van der Waals surface area contributed by atoms with Crippen LogP contribution in [0, 0.1) is 25.2 Å². The van der Waals surface area contributed by atoms with Gasteiger partial charge in [-0.25, -0.2) is 9.67 Å². The van der Waals surface area contributed by atoms with Gasteiger partial charge < -0.3 is 0 Å². The fourth-order valence-electron chi connectivity index (χ4n) is 2.54. The van der Waals surface area contributed by atoms with Crippen molar-refractivity contribution in [3.8, 4) is 11.8 Å². The highest BCUT2D eigenvalue weighted by molar-refractivity contribution is 5.75. The Morgan fingerprint density at radius 1 is 1.23 bits per heavy atom. The van der Waals surface area contributed by atoms with Crippen LogP contribution in [0.15, 0.2) is 35.5 Å². The summed E-state index contributed by atoms with van der Waals surface area (Å²) in [5.74, 6) is 0. The maximum Gasteiger partial charge on any atom is 0.264 e. The topological polar surface area (TPSA) is 76.5 Å². The maximum absolute atomic E-state index is 12.4. The molecule has 2 heterocycles. The first-order valence-corrected chi connectivity index (χ1v) is 6.99. The summed E-state index contributed by atoms with van der Waals surface area (Å²) >= 11 is 0. The van der Waals surface area contributed by atoms with Gasteiger partial charge in [-0.1, -0.05) is 6.07 Å². The highest BCUT2D eigenvalue weighted by atomic mass is 16.1. The van der Waals surface area contributed by atoms with Crippen LogP contribution in [0.25, 0.3) is 16.7 Å². The largest absolute Gasteiger partial charge is 0.298 e. The molecular formula is C16H15N5O. The van der Waals surface area contributed by atoms with E-state index in [2.05, 4.69) is 16.1 Å². The highest BCUT2D eigenvalue weighted by Crippen LogP contribution is 2.16. The molecule has 0 bridgehead atoms. The lowest BCUT2D eigenvalue weighted by Crippen LogP contribution is -2.20. The van der Waals surface area contributed by atoms with Crippen LogP contribution in [-0.4, -0.2) is 19.3 Å². The minimum atomic E-state index is -0.170. The van der Waals surface area contributed by atoms with Gasteiger partial charge in [-0.15, -0.1) is 0 Å². The van der Waals surface area contributed by atoms with Crippen molar-refractivity contribution < 1.29 is 0 Å². The molecule has 0 saturated carbocycles. The Kier molecular flexibility index (Phi) is 3.47. The van der Waals surface area contributed by atoms with E-state index in [0.29, 0.717) is 17.6 Å². The van der Waals surface area contributed by atoms with Gasteiger partial charge in [0.25, 0.3) is 5.56 Å². The number of aryl methyl sites for hydroxylation is 3. The van der Waals surface area contributed by atoms with Crippen LogP contribution >= 0.6 is 0 Å². The van der Waals surface area contributed by atoms with Gasteiger partial charge in [0.15, 0.2) is 5.65 Å². The number of rotatable bonds is 3. The molecule has 22 heavy (non-hydrogen) atoms. The number of fused-ring (bicyclic) bond motifs is 1. The van der Waals surface area contributed by atoms with Gasteiger partial charge in [0, 0.05) is 6.54 Å². The lowest BCUT2D eigenvalue weighted by atomic mass is 10.1. The van der Waals surface area contributed by atoms with Gasteiger partial charge in [0.2, 0.25) is 0 Å². The molecule has 2 aromatic heterocycles. The number of hydrogen-bond acceptors (Lipinski definition) is 4. The predicted molar refractivity (Wildman–Crippen MR) is 82.8 cm³/mol. The molecule has 0 unspecified atom stereocenters. The van der Waals surface area contributed by atoms with Crippen LogP contribution in [0.3, 0.4) is 0 Å². The van der Waals surface area contributed by atoms with Crippen molar-refractivity contribution in [2.24, 2.45) is 0 Å². The van der Waals surface area contributed by atoms with E-state index in [1.165, 1.54) is 17.1 Å². The Balaban J connectivity index is 2.16. The molecule has 110 valence electrons. The first kappa shape index (κ1) is 14.0. The minimum absolute atomic E-state index is 0.170. The second-order valence-corrected chi connectivity index (χ2v) is 5.29. The summed E-state index contributed by atoms with van der Waals surface area (Å²) in [6.45, 7) is 4.38. The number of benzene rings is 1. The van der Waals surface area contributed by atoms with Crippen molar-refractivity contribution in [2.45, 2.75) is 26.8 Å². The molecule has 3 aromatic rings. The van der Waals surface area contributed by atoms with Crippen molar-refractivity contribution in [2.75, 3.05) is 0 Å². The molecule has 0 amide bonds. The number of hydrogen-bond donors (Lipinski definition) is 0. The van der Waals surface area contributed by atoms with E-state index >= 15 is 0 Å². The Hall–Kier alpha value is -2.94. The zero-order chi connectivity index (χ0) is 15.7. The first-order valence-electron chi connectivity index (χ1n) is 6.99. The molecular weight excluding hydrogens is 278 g/mol. The molecule has 6 heteroatoms. The molecule has 0 aliphatic rings. The Morgan fingerprint density at radius 3 is 2.64 bits per heavy atom. The van der Waals surface area contributed by atoms with Gasteiger partial charge in [-0.05, 0) is 37.1 Å². The van der Waals surface area contributed by atoms with Gasteiger partial charge in [-0.3, -0.25) is 9.36 Å². The second kappa shape index (κ2) is 5.45. The average Bonchev–Trinajstić information content (AvgIpc) is 2.90. The van der Waals surface area contributed by atoms with E-state index in [4.69, 9.17) is 5.26 Å². The minimum Gasteiger partial charge on any atom is -0.298 e. The van der Waals surface area contributed by atoms with E-state index in [1.54, 1.807) is 4.68 Å². The summed E-state index contributed by atoms with van der Waals surface area (Å²) in [7, 11) is 0. The molecule has 0 atom stereocenters. The fraction of sp³-hybridized carbons (Fsp3) is 0.250. The van der Waals surface area contributed by atoms with Gasteiger partial charge in [0.05, 0.1) is 24.4 Å². The SMILES string of the molecule is Cc1cc(C)cc(-n2ncc3c(=O)n(CCC#N)cnc32)c1. The molecule has 6 nitrogen and oxygen atoms in total. The van der Waals surface area contributed by atoms with E-state index < -0.39 is 0 Å². The average molecular weight is 293 g/mol. The van der Waals surface area contributed by atoms with E-state index in [-0.39, 0.29) is 12.0 Å². The summed E-state index contributed by atoms with van der Waals surface area (Å²) in [6.07, 6.45) is 3.28. The van der Waals surface area contributed by atoms with Crippen LogP contribution in [0.4, 0.5) is 0 Å². The smallest absolute Gasteiger partial charge is 0.264 e. The third kappa shape index (κ3) is 2.37. The molecule has 0 N–H and O–H groups in total. The second-order valence-electron chi connectivity index (χ2n) is 5.29. The van der Waals surface area contributed by atoms with Gasteiger partial charge in [0.1, 0.15) is 11.7 Å². The van der Waals surface area contributed by atoms with Crippen molar-refractivity contribution in [3.05, 3.63) is 52.2 Å². The molecule has 1 aromatic carbocycles. The molecule has 0 aliphatic carbocycles. The summed E-state index contributed by atoms with van der Waals surface area (Å²) in [5.41, 5.74) is 3.50. The summed E-state index contributed by atoms with van der Waals surface area (Å²) in [5, 5.41) is 13.4. The van der Waals surface area contributed by atoms with E-state index in [1.807, 2.05) is 32.0 Å². The van der Waals surface area contributed by atoms with Crippen LogP contribution in [0.2, 0.25) is 0 Å². The van der Waals surface area contributed by atoms with Crippen LogP contribution in [0.1, 0.15) is 17.5 Å². The molecule has 0 radical (unpaired) electrons. The van der Waals surface area contributed by atoms with Crippen molar-refractivity contribution >= 4 is 11.0 Å². The van der Waals surface area contributed by atoms with Gasteiger partial charge >= 0.3 is 0 Å². The highest BCUT2D eigenvalue weighted by Gasteiger charge is 2.11. The number of nitriles is 1. The van der Waals surface area contributed by atoms with Crippen molar-refractivity contribution in [1.29, 1.82) is 5.26 Å². The third-order valence-corrected chi connectivity index (χ3v) is 3.47. The lowest BCUT2D eigenvalue weighted by molar-refractivity contribution is 0.677. The fourth-order valence-corrected chi connectivity index (χ4v) is 2.54. The summed E-state index contributed by atoms with van der Waals surface area (Å²) in [4.78, 5) is 16.7. The van der Waals surface area contributed by atoms with E-state index in [9.17, 15) is 4.79 Å². The van der Waals surface area contributed by atoms with Crippen LogP contribution in [0.5, 0.6) is 0 Å². The standard InChI is InChI=1S/C16H15N5O/c1-11-6-12(2)8-13(7-11)21-15-14(9-19-21)16(22)20(10-18-15)5-3-4-17/h6-10H,3,5H2,1-2H3. The maximum atomic E-state index is 12.4. The van der Waals surface area contributed by atoms with Crippen molar-refractivity contribution in [1.82, 2.24) is 19.3 Å². The Morgan fingerprint density at radius 2 is 1.95 bits per heavy atom. The summed E-state index contributed by atoms with van der Waals surface area (Å²) < 4.78 is 3.12. The van der Waals surface area contributed by atoms with Crippen LogP contribution < -0.4 is 5.56 Å². The Labute approximate surface area is 127 Å². The molecule has 0 aliphatic heterocycles. The molecule has 0 spiro atoms. The predicted octanol–water partition coefficient (Wildman–Crippen LogP) is 2.11. The molecule has 0 fully saturated rings. The quantitative estimate of drug-likeness (QED) is 0.741. The number of aromatic nitrogens is 4. The lowest BCUT2D eigenvalue weighted by Gasteiger charge is -2.07. The van der Waals surface area contributed by atoms with Gasteiger partial charge in [-0.2, -0.15) is 10.4 Å². The zero-order valence-corrected chi connectivity index (χ0v) is 12.4. The monoisotopic (exact) mass is 293 g/mol. The first-order chi connectivity index (χ1) is 10.6. The van der Waals surface area contributed by atoms with Crippen LogP contribution in [-0.2, 0) is 6.54 Å². The third-order valence-electron chi connectivity index (χ3n) is 3.47.